The minimum atomic E-state index is -0.690. The number of rotatable bonds is 9. The number of fused-ring (bicyclic) bond motifs is 2. The van der Waals surface area contributed by atoms with Crippen molar-refractivity contribution in [3.05, 3.63) is 69.1 Å². The lowest BCUT2D eigenvalue weighted by atomic mass is 9.97. The highest BCUT2D eigenvalue weighted by Gasteiger charge is 2.42. The summed E-state index contributed by atoms with van der Waals surface area (Å²) >= 11 is 0. The molecule has 1 atom stereocenters. The Morgan fingerprint density at radius 2 is 1.88 bits per heavy atom. The van der Waals surface area contributed by atoms with Crippen molar-refractivity contribution in [1.29, 1.82) is 0 Å². The fourth-order valence-electron chi connectivity index (χ4n) is 4.23. The molecule has 0 saturated carbocycles. The third kappa shape index (κ3) is 4.20. The number of β-amino-alcohol motifs (C(OH)–C–C–N with tert-alkyl or cyclic N) is 1. The van der Waals surface area contributed by atoms with E-state index >= 15 is 0 Å². The summed E-state index contributed by atoms with van der Waals surface area (Å²) < 4.78 is 17.6. The topological polar surface area (TPSA) is 89.2 Å². The molecule has 33 heavy (non-hydrogen) atoms. The van der Waals surface area contributed by atoms with E-state index in [-0.39, 0.29) is 29.9 Å². The molecule has 2 aromatic carbocycles. The third-order valence-electron chi connectivity index (χ3n) is 5.80. The number of carbonyl (C=O) groups excluding carboxylic acids is 1. The summed E-state index contributed by atoms with van der Waals surface area (Å²) in [4.78, 5) is 28.2. The number of ether oxygens (including phenoxy) is 2. The molecule has 1 N–H and O–H groups in total. The summed E-state index contributed by atoms with van der Waals surface area (Å²) in [6.45, 7) is 6.74. The molecule has 1 aliphatic rings. The number of benzene rings is 2. The largest absolute Gasteiger partial charge is 0.490 e. The van der Waals surface area contributed by atoms with Crippen LogP contribution in [0.1, 0.15) is 60.0 Å². The van der Waals surface area contributed by atoms with Crippen molar-refractivity contribution >= 4 is 16.9 Å². The molecule has 0 radical (unpaired) electrons. The maximum absolute atomic E-state index is 13.5. The van der Waals surface area contributed by atoms with Gasteiger partial charge in [-0.2, -0.15) is 0 Å². The normalized spacial score (nSPS) is 15.2. The Hall–Kier alpha value is -3.32. The van der Waals surface area contributed by atoms with Crippen LogP contribution in [0, 0.1) is 6.92 Å². The molecule has 174 valence electrons. The van der Waals surface area contributed by atoms with Gasteiger partial charge in [-0.1, -0.05) is 31.0 Å². The van der Waals surface area contributed by atoms with Crippen LogP contribution in [0.3, 0.4) is 0 Å². The summed E-state index contributed by atoms with van der Waals surface area (Å²) in [5.41, 5.74) is 2.04. The van der Waals surface area contributed by atoms with Crippen molar-refractivity contribution in [3.8, 4) is 11.5 Å². The molecule has 0 spiro atoms. The van der Waals surface area contributed by atoms with E-state index in [1.54, 1.807) is 12.1 Å². The van der Waals surface area contributed by atoms with Crippen LogP contribution in [0.4, 0.5) is 0 Å². The van der Waals surface area contributed by atoms with Crippen molar-refractivity contribution in [1.82, 2.24) is 4.90 Å². The molecule has 0 bridgehead atoms. The first-order valence-corrected chi connectivity index (χ1v) is 11.4. The molecule has 7 heteroatoms. The number of amides is 1. The predicted molar refractivity (Wildman–Crippen MR) is 125 cm³/mol. The van der Waals surface area contributed by atoms with Gasteiger partial charge in [0.15, 0.2) is 16.9 Å². The summed E-state index contributed by atoms with van der Waals surface area (Å²) in [6, 6.07) is 10.1. The van der Waals surface area contributed by atoms with E-state index in [2.05, 4.69) is 6.92 Å². The smallest absolute Gasteiger partial charge is 0.290 e. The first-order chi connectivity index (χ1) is 16.0. The fourth-order valence-corrected chi connectivity index (χ4v) is 4.23. The van der Waals surface area contributed by atoms with E-state index in [9.17, 15) is 14.7 Å². The molecule has 2 heterocycles. The number of aliphatic hydroxyl groups is 1. The molecular formula is C26H29NO6. The van der Waals surface area contributed by atoms with Crippen LogP contribution in [0.25, 0.3) is 11.0 Å². The van der Waals surface area contributed by atoms with E-state index in [0.29, 0.717) is 41.2 Å². The monoisotopic (exact) mass is 451 g/mol. The number of aryl methyl sites for hydroxylation is 1. The molecule has 0 saturated heterocycles. The van der Waals surface area contributed by atoms with Gasteiger partial charge >= 0.3 is 0 Å². The highest BCUT2D eigenvalue weighted by molar-refractivity contribution is 5.99. The summed E-state index contributed by atoms with van der Waals surface area (Å²) in [6.07, 6.45) is 1.94. The second-order valence-corrected chi connectivity index (χ2v) is 8.14. The quantitative estimate of drug-likeness (QED) is 0.490. The Bertz CT molecular complexity index is 1230. The van der Waals surface area contributed by atoms with Crippen LogP contribution < -0.4 is 14.9 Å². The number of nitrogens with zero attached hydrogens (tertiary/aromatic N) is 1. The SMILES string of the molecule is CCCCOc1ccc([C@H]2c3c(oc4ccc(C)cc4c3=O)C(=O)N2CCO)cc1OCC. The van der Waals surface area contributed by atoms with Crippen molar-refractivity contribution in [3.63, 3.8) is 0 Å². The van der Waals surface area contributed by atoms with Gasteiger partial charge in [-0.15, -0.1) is 0 Å². The first kappa shape index (κ1) is 22.9. The van der Waals surface area contributed by atoms with E-state index in [4.69, 9.17) is 13.9 Å². The second-order valence-electron chi connectivity index (χ2n) is 8.14. The van der Waals surface area contributed by atoms with Gasteiger partial charge in [-0.05, 0) is 50.1 Å². The molecule has 1 amide bonds. The molecule has 0 unspecified atom stereocenters. The van der Waals surface area contributed by atoms with E-state index < -0.39 is 11.9 Å². The zero-order chi connectivity index (χ0) is 23.5. The first-order valence-electron chi connectivity index (χ1n) is 11.4. The van der Waals surface area contributed by atoms with Gasteiger partial charge in [0.1, 0.15) is 5.58 Å². The zero-order valence-corrected chi connectivity index (χ0v) is 19.2. The minimum absolute atomic E-state index is 0.0241. The van der Waals surface area contributed by atoms with Gasteiger partial charge in [-0.3, -0.25) is 9.59 Å². The summed E-state index contributed by atoms with van der Waals surface area (Å²) in [5, 5.41) is 10.1. The molecule has 3 aromatic rings. The summed E-state index contributed by atoms with van der Waals surface area (Å²) in [7, 11) is 0. The van der Waals surface area contributed by atoms with Crippen LogP contribution in [0.5, 0.6) is 11.5 Å². The average molecular weight is 452 g/mol. The van der Waals surface area contributed by atoms with Crippen molar-refractivity contribution in [2.75, 3.05) is 26.4 Å². The van der Waals surface area contributed by atoms with Crippen molar-refractivity contribution in [2.24, 2.45) is 0 Å². The number of unbranched alkanes of at least 4 members (excludes halogenated alkanes) is 1. The molecule has 1 aliphatic heterocycles. The van der Waals surface area contributed by atoms with Crippen LogP contribution in [-0.4, -0.2) is 42.3 Å². The summed E-state index contributed by atoms with van der Waals surface area (Å²) in [5.74, 6) is 0.784. The lowest BCUT2D eigenvalue weighted by Gasteiger charge is -2.25. The van der Waals surface area contributed by atoms with Crippen molar-refractivity contribution in [2.45, 2.75) is 39.7 Å². The van der Waals surface area contributed by atoms with Gasteiger partial charge in [0.05, 0.1) is 36.8 Å². The zero-order valence-electron chi connectivity index (χ0n) is 19.2. The number of hydrogen-bond acceptors (Lipinski definition) is 6. The number of carbonyl (C=O) groups is 1. The fraction of sp³-hybridized carbons (Fsp3) is 0.385. The lowest BCUT2D eigenvalue weighted by molar-refractivity contribution is 0.0691. The highest BCUT2D eigenvalue weighted by atomic mass is 16.5. The lowest BCUT2D eigenvalue weighted by Crippen LogP contribution is -2.32. The molecule has 0 aliphatic carbocycles. The van der Waals surface area contributed by atoms with E-state index in [0.717, 1.165) is 18.4 Å². The maximum atomic E-state index is 13.5. The Kier molecular flexibility index (Phi) is 6.70. The standard InChI is InChI=1S/C26H29NO6/c1-4-6-13-32-20-10-8-17(15-21(20)31-5-2)23-22-24(29)18-14-16(3)7-9-19(18)33-25(22)26(30)27(23)11-12-28/h7-10,14-15,23,28H,4-6,11-13H2,1-3H3/t23-/m0/s1. The van der Waals surface area contributed by atoms with Gasteiger partial charge in [0.25, 0.3) is 5.91 Å². The molecule has 7 nitrogen and oxygen atoms in total. The Labute approximate surface area is 192 Å². The Morgan fingerprint density at radius 3 is 2.61 bits per heavy atom. The molecule has 1 aromatic heterocycles. The van der Waals surface area contributed by atoms with Gasteiger partial charge in [-0.25, -0.2) is 0 Å². The van der Waals surface area contributed by atoms with Crippen molar-refractivity contribution < 1.29 is 23.8 Å². The van der Waals surface area contributed by atoms with E-state index in [1.165, 1.54) is 4.90 Å². The minimum Gasteiger partial charge on any atom is -0.490 e. The van der Waals surface area contributed by atoms with Gasteiger partial charge in [0, 0.05) is 6.54 Å². The highest BCUT2D eigenvalue weighted by Crippen LogP contribution is 2.41. The Morgan fingerprint density at radius 1 is 1.06 bits per heavy atom. The van der Waals surface area contributed by atoms with Gasteiger partial charge < -0.3 is 23.9 Å². The number of hydrogen-bond donors (Lipinski definition) is 1. The third-order valence-corrected chi connectivity index (χ3v) is 5.80. The molecule has 0 fully saturated rings. The van der Waals surface area contributed by atoms with Crippen LogP contribution in [0.2, 0.25) is 0 Å². The Balaban J connectivity index is 1.86. The second kappa shape index (κ2) is 9.67. The predicted octanol–water partition coefficient (Wildman–Crippen LogP) is 4.22. The molecular weight excluding hydrogens is 422 g/mol. The van der Waals surface area contributed by atoms with E-state index in [1.807, 2.05) is 38.1 Å². The van der Waals surface area contributed by atoms with Crippen LogP contribution in [0.15, 0.2) is 45.6 Å². The van der Waals surface area contributed by atoms with Crippen LogP contribution >= 0.6 is 0 Å². The molecule has 4 rings (SSSR count). The van der Waals surface area contributed by atoms with Crippen LogP contribution in [-0.2, 0) is 0 Å². The average Bonchev–Trinajstić information content (AvgIpc) is 3.08. The number of aliphatic hydroxyl groups excluding tert-OH is 1. The maximum Gasteiger partial charge on any atom is 0.290 e. The van der Waals surface area contributed by atoms with Gasteiger partial charge in [0.2, 0.25) is 5.76 Å².